The summed E-state index contributed by atoms with van der Waals surface area (Å²) in [4.78, 5) is 4.35. The van der Waals surface area contributed by atoms with Crippen LogP contribution in [0.25, 0.3) is 0 Å². The zero-order chi connectivity index (χ0) is 13.6. The maximum absolute atomic E-state index is 8.96. The Morgan fingerprint density at radius 2 is 1.94 bits per heavy atom. The lowest BCUT2D eigenvalue weighted by atomic mass is 10.0. The van der Waals surface area contributed by atoms with Crippen molar-refractivity contribution in [3.8, 4) is 0 Å². The maximum Gasteiger partial charge on any atom is 0.188 e. The fraction of sp³-hybridized carbons (Fsp3) is 0.929. The third kappa shape index (κ3) is 10.4. The quantitative estimate of drug-likeness (QED) is 0.302. The van der Waals surface area contributed by atoms with Crippen LogP contribution in [0.4, 0.5) is 0 Å². The molecule has 0 aliphatic rings. The lowest BCUT2D eigenvalue weighted by molar-refractivity contribution is 0.253. The van der Waals surface area contributed by atoms with E-state index in [2.05, 4.69) is 24.2 Å². The van der Waals surface area contributed by atoms with Crippen LogP contribution in [0.2, 0.25) is 0 Å². The van der Waals surface area contributed by atoms with E-state index in [9.17, 15) is 0 Å². The minimum absolute atomic E-state index is 0.241. The number of aliphatic imine (C=N–C) groups is 1. The monoisotopic (exact) mass is 257 g/mol. The highest BCUT2D eigenvalue weighted by atomic mass is 16.3. The smallest absolute Gasteiger partial charge is 0.188 e. The van der Waals surface area contributed by atoms with Gasteiger partial charge in [0.05, 0.1) is 0 Å². The lowest BCUT2D eigenvalue weighted by Gasteiger charge is -2.12. The molecule has 4 N–H and O–H groups in total. The lowest BCUT2D eigenvalue weighted by Crippen LogP contribution is -2.33. The number of hydrogen-bond donors (Lipinski definition) is 3. The first-order valence-corrected chi connectivity index (χ1v) is 7.39. The minimum Gasteiger partial charge on any atom is -0.396 e. The summed E-state index contributed by atoms with van der Waals surface area (Å²) in [6, 6.07) is 0. The Balaban J connectivity index is 3.71. The summed E-state index contributed by atoms with van der Waals surface area (Å²) in [6.45, 7) is 6.24. The third-order valence-corrected chi connectivity index (χ3v) is 3.09. The molecule has 18 heavy (non-hydrogen) atoms. The highest BCUT2D eigenvalue weighted by Crippen LogP contribution is 2.10. The van der Waals surface area contributed by atoms with Crippen molar-refractivity contribution >= 4 is 5.96 Å². The van der Waals surface area contributed by atoms with Crippen LogP contribution in [0.5, 0.6) is 0 Å². The van der Waals surface area contributed by atoms with E-state index in [1.807, 2.05) is 0 Å². The molecule has 0 saturated carbocycles. The molecule has 1 atom stereocenters. The molecule has 0 aliphatic carbocycles. The van der Waals surface area contributed by atoms with Gasteiger partial charge in [0.15, 0.2) is 5.96 Å². The molecule has 0 spiro atoms. The summed E-state index contributed by atoms with van der Waals surface area (Å²) in [6.07, 6.45) is 8.00. The van der Waals surface area contributed by atoms with Crippen molar-refractivity contribution in [2.24, 2.45) is 16.6 Å². The Kier molecular flexibility index (Phi) is 12.1. The number of unbranched alkanes of at least 4 members (excludes halogenated alkanes) is 3. The first-order chi connectivity index (χ1) is 8.74. The number of nitrogens with two attached hydrogens (primary N) is 1. The van der Waals surface area contributed by atoms with Crippen LogP contribution < -0.4 is 11.1 Å². The van der Waals surface area contributed by atoms with Crippen molar-refractivity contribution in [1.29, 1.82) is 0 Å². The van der Waals surface area contributed by atoms with E-state index < -0.39 is 0 Å². The fourth-order valence-electron chi connectivity index (χ4n) is 1.97. The molecular formula is C14H31N3O. The highest BCUT2D eigenvalue weighted by molar-refractivity contribution is 5.77. The molecular weight excluding hydrogens is 226 g/mol. The minimum atomic E-state index is 0.241. The summed E-state index contributed by atoms with van der Waals surface area (Å²) >= 11 is 0. The normalized spacial score (nSPS) is 13.6. The predicted octanol–water partition coefficient (Wildman–Crippen LogP) is 2.27. The number of nitrogens with one attached hydrogen (secondary N) is 1. The van der Waals surface area contributed by atoms with Gasteiger partial charge in [-0.1, -0.05) is 39.5 Å². The number of guanidine groups is 1. The van der Waals surface area contributed by atoms with Crippen molar-refractivity contribution in [3.05, 3.63) is 0 Å². The number of hydrogen-bond acceptors (Lipinski definition) is 2. The van der Waals surface area contributed by atoms with Crippen molar-refractivity contribution in [1.82, 2.24) is 5.32 Å². The van der Waals surface area contributed by atoms with E-state index in [4.69, 9.17) is 10.8 Å². The van der Waals surface area contributed by atoms with Crippen LogP contribution in [0.1, 0.15) is 58.8 Å². The summed E-state index contributed by atoms with van der Waals surface area (Å²) in [7, 11) is 0. The second-order valence-electron chi connectivity index (χ2n) is 4.88. The van der Waals surface area contributed by atoms with Crippen LogP contribution in [0.15, 0.2) is 4.99 Å². The van der Waals surface area contributed by atoms with Crippen LogP contribution in [-0.4, -0.2) is 30.8 Å². The van der Waals surface area contributed by atoms with Crippen LogP contribution >= 0.6 is 0 Å². The molecule has 108 valence electrons. The first kappa shape index (κ1) is 17.2. The predicted molar refractivity (Wildman–Crippen MR) is 78.7 cm³/mol. The van der Waals surface area contributed by atoms with Gasteiger partial charge in [-0.05, 0) is 25.2 Å². The van der Waals surface area contributed by atoms with E-state index in [0.29, 0.717) is 11.9 Å². The van der Waals surface area contributed by atoms with Crippen molar-refractivity contribution in [2.45, 2.75) is 58.8 Å². The van der Waals surface area contributed by atoms with Gasteiger partial charge in [0.25, 0.3) is 0 Å². The second-order valence-corrected chi connectivity index (χ2v) is 4.88. The Morgan fingerprint density at radius 3 is 2.56 bits per heavy atom. The molecule has 0 rings (SSSR count). The molecule has 0 bridgehead atoms. The molecule has 1 unspecified atom stereocenters. The molecule has 4 heteroatoms. The van der Waals surface area contributed by atoms with Gasteiger partial charge in [-0.3, -0.25) is 4.99 Å². The standard InChI is InChI=1S/C14H31N3O/c1-3-5-6-7-10-16-14(15)17-12-13(8-4-2)9-11-18/h13,18H,3-12H2,1-2H3,(H3,15,16,17). The Morgan fingerprint density at radius 1 is 1.17 bits per heavy atom. The van der Waals surface area contributed by atoms with Crippen LogP contribution in [0, 0.1) is 5.92 Å². The highest BCUT2D eigenvalue weighted by Gasteiger charge is 2.06. The zero-order valence-corrected chi connectivity index (χ0v) is 12.1. The molecule has 0 aliphatic heterocycles. The van der Waals surface area contributed by atoms with E-state index in [-0.39, 0.29) is 6.61 Å². The Bertz CT molecular complexity index is 201. The average molecular weight is 257 g/mol. The molecule has 0 aromatic heterocycles. The van der Waals surface area contributed by atoms with Crippen molar-refractivity contribution in [3.63, 3.8) is 0 Å². The number of aliphatic hydroxyl groups excluding tert-OH is 1. The summed E-state index contributed by atoms with van der Waals surface area (Å²) in [5.74, 6) is 1.01. The van der Waals surface area contributed by atoms with Crippen molar-refractivity contribution < 1.29 is 5.11 Å². The van der Waals surface area contributed by atoms with Gasteiger partial charge in [-0.25, -0.2) is 0 Å². The third-order valence-electron chi connectivity index (χ3n) is 3.09. The topological polar surface area (TPSA) is 70.6 Å². The van der Waals surface area contributed by atoms with Gasteiger partial charge in [-0.15, -0.1) is 0 Å². The maximum atomic E-state index is 8.96. The first-order valence-electron chi connectivity index (χ1n) is 7.39. The molecule has 0 amide bonds. The van der Waals surface area contributed by atoms with E-state index in [1.54, 1.807) is 0 Å². The second kappa shape index (κ2) is 12.7. The van der Waals surface area contributed by atoms with Crippen LogP contribution in [-0.2, 0) is 0 Å². The van der Waals surface area contributed by atoms with Gasteiger partial charge in [0.1, 0.15) is 0 Å². The van der Waals surface area contributed by atoms with Gasteiger partial charge in [0.2, 0.25) is 0 Å². The number of aliphatic hydroxyl groups is 1. The average Bonchev–Trinajstić information content (AvgIpc) is 2.36. The van der Waals surface area contributed by atoms with E-state index >= 15 is 0 Å². The Hall–Kier alpha value is -0.770. The molecule has 0 radical (unpaired) electrons. The molecule has 0 fully saturated rings. The zero-order valence-electron chi connectivity index (χ0n) is 12.1. The summed E-state index contributed by atoms with van der Waals surface area (Å²) in [5, 5.41) is 12.1. The van der Waals surface area contributed by atoms with Gasteiger partial charge >= 0.3 is 0 Å². The SMILES string of the molecule is CCCCCCNC(N)=NCC(CCC)CCO. The number of nitrogens with zero attached hydrogens (tertiary/aromatic N) is 1. The number of rotatable bonds is 11. The van der Waals surface area contributed by atoms with Gasteiger partial charge < -0.3 is 16.2 Å². The van der Waals surface area contributed by atoms with Gasteiger partial charge in [0, 0.05) is 19.7 Å². The Labute approximate surface area is 112 Å². The fourth-order valence-corrected chi connectivity index (χ4v) is 1.97. The molecule has 0 aromatic rings. The van der Waals surface area contributed by atoms with Crippen LogP contribution in [0.3, 0.4) is 0 Å². The van der Waals surface area contributed by atoms with E-state index in [1.165, 1.54) is 19.3 Å². The summed E-state index contributed by atoms with van der Waals surface area (Å²) < 4.78 is 0. The summed E-state index contributed by atoms with van der Waals surface area (Å²) in [5.41, 5.74) is 5.81. The molecule has 4 nitrogen and oxygen atoms in total. The molecule has 0 aromatic carbocycles. The molecule has 0 saturated heterocycles. The van der Waals surface area contributed by atoms with E-state index in [0.717, 1.165) is 38.8 Å². The largest absolute Gasteiger partial charge is 0.396 e. The van der Waals surface area contributed by atoms with Crippen molar-refractivity contribution in [2.75, 3.05) is 19.7 Å². The molecule has 0 heterocycles. The van der Waals surface area contributed by atoms with Gasteiger partial charge in [-0.2, -0.15) is 0 Å².